The lowest BCUT2D eigenvalue weighted by molar-refractivity contribution is -0.137. The van der Waals surface area contributed by atoms with Gasteiger partial charge in [0.2, 0.25) is 0 Å². The highest BCUT2D eigenvalue weighted by molar-refractivity contribution is 5.81. The van der Waals surface area contributed by atoms with Gasteiger partial charge in [-0.1, -0.05) is 24.3 Å². The van der Waals surface area contributed by atoms with E-state index in [1.54, 1.807) is 0 Å². The van der Waals surface area contributed by atoms with Crippen molar-refractivity contribution in [1.29, 1.82) is 0 Å². The van der Waals surface area contributed by atoms with E-state index in [0.29, 0.717) is 6.61 Å². The Morgan fingerprint density at radius 1 is 1.11 bits per heavy atom. The number of carbonyl (C=O) groups excluding carboxylic acids is 1. The zero-order chi connectivity index (χ0) is 13.9. The van der Waals surface area contributed by atoms with Crippen molar-refractivity contribution in [2.75, 3.05) is 13.2 Å². The summed E-state index contributed by atoms with van der Waals surface area (Å²) >= 11 is 0. The highest BCUT2D eigenvalue weighted by atomic mass is 16.5. The Morgan fingerprint density at radius 3 is 2.37 bits per heavy atom. The van der Waals surface area contributed by atoms with Crippen LogP contribution in [0.25, 0.3) is 0 Å². The fourth-order valence-electron chi connectivity index (χ4n) is 1.61. The van der Waals surface area contributed by atoms with Gasteiger partial charge in [-0.3, -0.25) is 0 Å². The van der Waals surface area contributed by atoms with Gasteiger partial charge in [-0.05, 0) is 44.7 Å². The third-order valence-electron chi connectivity index (χ3n) is 2.74. The molecule has 0 aliphatic rings. The molecule has 0 bridgehead atoms. The molecule has 104 valence electrons. The van der Waals surface area contributed by atoms with Crippen LogP contribution in [-0.2, 0) is 9.53 Å². The summed E-state index contributed by atoms with van der Waals surface area (Å²) in [7, 11) is 0. The van der Waals surface area contributed by atoms with Crippen molar-refractivity contribution in [2.24, 2.45) is 0 Å². The molecule has 0 unspecified atom stereocenters. The molecule has 0 aromatic heterocycles. The largest absolute Gasteiger partial charge is 0.494 e. The van der Waals surface area contributed by atoms with Crippen molar-refractivity contribution in [2.45, 2.75) is 32.6 Å². The highest BCUT2D eigenvalue weighted by Gasteiger charge is 1.96. The molecule has 0 aliphatic carbocycles. The predicted octanol–water partition coefficient (Wildman–Crippen LogP) is 3.66. The lowest BCUT2D eigenvalue weighted by Gasteiger charge is -2.06. The van der Waals surface area contributed by atoms with Crippen LogP contribution >= 0.6 is 0 Å². The highest BCUT2D eigenvalue weighted by Crippen LogP contribution is 2.12. The molecule has 19 heavy (non-hydrogen) atoms. The predicted molar refractivity (Wildman–Crippen MR) is 76.3 cm³/mol. The molecule has 3 heteroatoms. The molecule has 0 fully saturated rings. The van der Waals surface area contributed by atoms with Gasteiger partial charge in [0.1, 0.15) is 5.75 Å². The van der Waals surface area contributed by atoms with Crippen molar-refractivity contribution < 1.29 is 14.3 Å². The number of unbranched alkanes of at least 4 members (excludes halogenated alkanes) is 3. The molecule has 0 heterocycles. The van der Waals surface area contributed by atoms with Gasteiger partial charge in [0, 0.05) is 6.08 Å². The monoisotopic (exact) mass is 262 g/mol. The minimum atomic E-state index is -0.345. The number of carbonyl (C=O) groups is 1. The molecule has 0 spiro atoms. The lowest BCUT2D eigenvalue weighted by Crippen LogP contribution is -2.02. The summed E-state index contributed by atoms with van der Waals surface area (Å²) in [4.78, 5) is 10.8. The number of benzene rings is 1. The number of hydrogen-bond acceptors (Lipinski definition) is 3. The Balaban J connectivity index is 1.95. The second-order valence-corrected chi connectivity index (χ2v) is 4.45. The average Bonchev–Trinajstić information content (AvgIpc) is 2.43. The molecule has 0 atom stereocenters. The van der Waals surface area contributed by atoms with E-state index >= 15 is 0 Å². The van der Waals surface area contributed by atoms with Crippen molar-refractivity contribution in [3.05, 3.63) is 42.5 Å². The van der Waals surface area contributed by atoms with Gasteiger partial charge in [-0.2, -0.15) is 0 Å². The van der Waals surface area contributed by atoms with E-state index in [2.05, 4.69) is 13.5 Å². The number of rotatable bonds is 9. The molecule has 1 aromatic carbocycles. The Bertz CT molecular complexity index is 381. The SMILES string of the molecule is C=CC(=O)OCCCCCCOc1ccc(C)cc1. The minimum Gasteiger partial charge on any atom is -0.494 e. The van der Waals surface area contributed by atoms with Gasteiger partial charge in [-0.25, -0.2) is 4.79 Å². The molecule has 1 rings (SSSR count). The van der Waals surface area contributed by atoms with Crippen LogP contribution in [0.1, 0.15) is 31.2 Å². The molecule has 1 aromatic rings. The summed E-state index contributed by atoms with van der Waals surface area (Å²) in [5.74, 6) is 0.577. The second-order valence-electron chi connectivity index (χ2n) is 4.45. The molecular weight excluding hydrogens is 240 g/mol. The minimum absolute atomic E-state index is 0.345. The third-order valence-corrected chi connectivity index (χ3v) is 2.74. The summed E-state index contributed by atoms with van der Waals surface area (Å²) in [5.41, 5.74) is 1.24. The van der Waals surface area contributed by atoms with Crippen LogP contribution in [-0.4, -0.2) is 19.2 Å². The number of ether oxygens (including phenoxy) is 2. The van der Waals surface area contributed by atoms with Crippen molar-refractivity contribution in [1.82, 2.24) is 0 Å². The van der Waals surface area contributed by atoms with Gasteiger partial charge >= 0.3 is 5.97 Å². The van der Waals surface area contributed by atoms with Crippen LogP contribution in [0.15, 0.2) is 36.9 Å². The Labute approximate surface area is 115 Å². The standard InChI is InChI=1S/C16H22O3/c1-3-16(17)19-13-7-5-4-6-12-18-15-10-8-14(2)9-11-15/h3,8-11H,1,4-7,12-13H2,2H3. The Hall–Kier alpha value is -1.77. The van der Waals surface area contributed by atoms with Crippen LogP contribution in [0.2, 0.25) is 0 Å². The fourth-order valence-corrected chi connectivity index (χ4v) is 1.61. The third kappa shape index (κ3) is 7.29. The van der Waals surface area contributed by atoms with Gasteiger partial charge < -0.3 is 9.47 Å². The lowest BCUT2D eigenvalue weighted by atomic mass is 10.2. The van der Waals surface area contributed by atoms with Crippen LogP contribution in [0.3, 0.4) is 0 Å². The van der Waals surface area contributed by atoms with E-state index in [-0.39, 0.29) is 5.97 Å². The smallest absolute Gasteiger partial charge is 0.330 e. The summed E-state index contributed by atoms with van der Waals surface area (Å²) in [6, 6.07) is 8.07. The maximum atomic E-state index is 10.8. The average molecular weight is 262 g/mol. The maximum Gasteiger partial charge on any atom is 0.330 e. The molecule has 0 saturated heterocycles. The van der Waals surface area contributed by atoms with Gasteiger partial charge in [0.05, 0.1) is 13.2 Å². The summed E-state index contributed by atoms with van der Waals surface area (Å²) in [5, 5.41) is 0. The van der Waals surface area contributed by atoms with Crippen molar-refractivity contribution in [3.63, 3.8) is 0 Å². The van der Waals surface area contributed by atoms with Gasteiger partial charge in [0.25, 0.3) is 0 Å². The summed E-state index contributed by atoms with van der Waals surface area (Å²) < 4.78 is 10.5. The molecule has 0 N–H and O–H groups in total. The zero-order valence-corrected chi connectivity index (χ0v) is 11.6. The Kier molecular flexibility index (Phi) is 7.40. The molecular formula is C16H22O3. The second kappa shape index (κ2) is 9.20. The van der Waals surface area contributed by atoms with E-state index in [9.17, 15) is 4.79 Å². The van der Waals surface area contributed by atoms with Gasteiger partial charge in [0.15, 0.2) is 0 Å². The van der Waals surface area contributed by atoms with Crippen LogP contribution < -0.4 is 4.74 Å². The first-order valence-electron chi connectivity index (χ1n) is 6.71. The fraction of sp³-hybridized carbons (Fsp3) is 0.438. The quantitative estimate of drug-likeness (QED) is 0.387. The normalized spacial score (nSPS) is 9.95. The Morgan fingerprint density at radius 2 is 1.74 bits per heavy atom. The summed E-state index contributed by atoms with van der Waals surface area (Å²) in [6.07, 6.45) is 5.22. The topological polar surface area (TPSA) is 35.5 Å². The van der Waals surface area contributed by atoms with E-state index in [1.807, 2.05) is 24.3 Å². The first-order chi connectivity index (χ1) is 9.22. The molecule has 0 radical (unpaired) electrons. The molecule has 0 aliphatic heterocycles. The molecule has 3 nitrogen and oxygen atoms in total. The van der Waals surface area contributed by atoms with E-state index in [1.165, 1.54) is 11.6 Å². The molecule has 0 amide bonds. The molecule has 0 saturated carbocycles. The van der Waals surface area contributed by atoms with Crippen molar-refractivity contribution in [3.8, 4) is 5.75 Å². The first-order valence-corrected chi connectivity index (χ1v) is 6.71. The maximum absolute atomic E-state index is 10.8. The van der Waals surface area contributed by atoms with E-state index in [0.717, 1.165) is 38.0 Å². The van der Waals surface area contributed by atoms with Crippen LogP contribution in [0, 0.1) is 6.92 Å². The summed E-state index contributed by atoms with van der Waals surface area (Å²) in [6.45, 7) is 6.61. The van der Waals surface area contributed by atoms with Crippen LogP contribution in [0.4, 0.5) is 0 Å². The first kappa shape index (κ1) is 15.3. The van der Waals surface area contributed by atoms with Crippen molar-refractivity contribution >= 4 is 5.97 Å². The van der Waals surface area contributed by atoms with Crippen LogP contribution in [0.5, 0.6) is 5.75 Å². The number of esters is 1. The number of hydrogen-bond donors (Lipinski definition) is 0. The number of aryl methyl sites for hydroxylation is 1. The van der Waals surface area contributed by atoms with E-state index < -0.39 is 0 Å². The zero-order valence-electron chi connectivity index (χ0n) is 11.6. The van der Waals surface area contributed by atoms with Gasteiger partial charge in [-0.15, -0.1) is 0 Å². The van der Waals surface area contributed by atoms with E-state index in [4.69, 9.17) is 9.47 Å².